The minimum Gasteiger partial charge on any atom is -0.475 e. The van der Waals surface area contributed by atoms with Crippen molar-refractivity contribution in [2.45, 2.75) is 90.2 Å². The van der Waals surface area contributed by atoms with Gasteiger partial charge in [0.25, 0.3) is 15.9 Å². The molecule has 4 bridgehead atoms. The number of carbonyl (C=O) groups is 1. The van der Waals surface area contributed by atoms with E-state index in [0.29, 0.717) is 29.8 Å². The summed E-state index contributed by atoms with van der Waals surface area (Å²) in [7, 11) is -4.17. The number of aromatic nitrogens is 4. The lowest BCUT2D eigenvalue weighted by Gasteiger charge is -2.51. The van der Waals surface area contributed by atoms with Crippen molar-refractivity contribution in [2.75, 3.05) is 22.8 Å². The van der Waals surface area contributed by atoms with E-state index in [1.54, 1.807) is 29.3 Å². The third-order valence-corrected chi connectivity index (χ3v) is 11.4. The molecule has 0 spiro atoms. The van der Waals surface area contributed by atoms with E-state index < -0.39 is 16.1 Å². The molecule has 2 fully saturated rings. The average molecular weight is 696 g/mol. The van der Waals surface area contributed by atoms with Crippen LogP contribution in [0.1, 0.15) is 80.1 Å². The lowest BCUT2D eigenvalue weighted by atomic mass is 9.77. The highest BCUT2D eigenvalue weighted by Crippen LogP contribution is 2.39. The van der Waals surface area contributed by atoms with Crippen molar-refractivity contribution in [1.82, 2.24) is 24.8 Å². The summed E-state index contributed by atoms with van der Waals surface area (Å²) in [6.07, 6.45) is 9.06. The van der Waals surface area contributed by atoms with Crippen LogP contribution in [0.2, 0.25) is 0 Å². The first kappa shape index (κ1) is 33.9. The zero-order chi connectivity index (χ0) is 35.2. The van der Waals surface area contributed by atoms with E-state index in [1.165, 1.54) is 31.4 Å². The van der Waals surface area contributed by atoms with E-state index >= 15 is 0 Å². The number of nitrogens with one attached hydrogen (secondary N) is 1. The smallest absolute Gasteiger partial charge is 0.264 e. The van der Waals surface area contributed by atoms with Crippen LogP contribution in [-0.2, 0) is 16.6 Å². The maximum absolute atomic E-state index is 14.6. The topological polar surface area (TPSA) is 131 Å². The molecular formula is C38H45N7O4S. The van der Waals surface area contributed by atoms with Crippen molar-refractivity contribution >= 4 is 27.7 Å². The predicted molar refractivity (Wildman–Crippen MR) is 193 cm³/mol. The summed E-state index contributed by atoms with van der Waals surface area (Å²) in [5.74, 6) is 1.31. The van der Waals surface area contributed by atoms with Crippen molar-refractivity contribution in [2.24, 2.45) is 11.3 Å². The first-order valence-corrected chi connectivity index (χ1v) is 18.9. The van der Waals surface area contributed by atoms with Gasteiger partial charge in [0.05, 0.1) is 41.3 Å². The number of benzene rings is 2. The first-order valence-electron chi connectivity index (χ1n) is 17.4. The Bertz CT molecular complexity index is 2010. The number of fused-ring (bicyclic) bond motifs is 5. The average Bonchev–Trinajstić information content (AvgIpc) is 3.05. The summed E-state index contributed by atoms with van der Waals surface area (Å²) in [4.78, 5) is 37.3. The van der Waals surface area contributed by atoms with Gasteiger partial charge in [-0.15, -0.1) is 0 Å². The van der Waals surface area contributed by atoms with Gasteiger partial charge in [0.1, 0.15) is 12.4 Å². The molecular weight excluding hydrogens is 651 g/mol. The molecule has 1 N–H and O–H groups in total. The molecule has 0 radical (unpaired) electrons. The fraction of sp³-hybridized carbons (Fsp3) is 0.447. The number of carbonyl (C=O) groups excluding carboxylic acids is 1. The number of amides is 1. The highest BCUT2D eigenvalue weighted by Gasteiger charge is 2.41. The standard InChI is InChI=1S/C38H45N7O4S/c1-24-10-8-11-25(2)35(24)31-17-34-42-37(41-31)43-50(47,48)30-14-9-13-26(16-30)36(46)44(29(23-49-34)18-38(3,4)5)22-28-19-39-20-33(40-28)45-21-27-12-6-7-15-32(27)45/h8-11,13-14,16-17,19-20,27,29,32H,6-7,12,15,18,21-23H2,1-5H3,(H,41,42,43)/t27-,29-,32-/m1/s1. The predicted octanol–water partition coefficient (Wildman–Crippen LogP) is 6.57. The second-order valence-electron chi connectivity index (χ2n) is 15.1. The molecule has 3 atom stereocenters. The monoisotopic (exact) mass is 695 g/mol. The molecule has 12 heteroatoms. The zero-order valence-corrected chi connectivity index (χ0v) is 30.2. The van der Waals surface area contributed by atoms with Crippen molar-refractivity contribution < 1.29 is 17.9 Å². The third kappa shape index (κ3) is 7.03. The van der Waals surface area contributed by atoms with Gasteiger partial charge in [-0.1, -0.05) is 57.9 Å². The molecule has 1 amide bonds. The molecule has 2 aromatic carbocycles. The Labute approximate surface area is 294 Å². The summed E-state index contributed by atoms with van der Waals surface area (Å²) in [5.41, 5.74) is 4.08. The van der Waals surface area contributed by atoms with E-state index in [0.717, 1.165) is 35.5 Å². The Morgan fingerprint density at radius 1 is 0.960 bits per heavy atom. The Morgan fingerprint density at radius 2 is 1.72 bits per heavy atom. The molecule has 11 nitrogen and oxygen atoms in total. The van der Waals surface area contributed by atoms with Gasteiger partial charge in [0, 0.05) is 29.8 Å². The van der Waals surface area contributed by atoms with Crippen LogP contribution >= 0.6 is 0 Å². The number of rotatable bonds is 5. The number of aryl methyl sites for hydroxylation is 2. The normalized spacial score (nSPS) is 21.8. The fourth-order valence-corrected chi connectivity index (χ4v) is 8.64. The Balaban J connectivity index is 1.30. The lowest BCUT2D eigenvalue weighted by molar-refractivity contribution is 0.0509. The van der Waals surface area contributed by atoms with Crippen molar-refractivity contribution in [3.63, 3.8) is 0 Å². The van der Waals surface area contributed by atoms with Crippen LogP contribution in [0.15, 0.2) is 65.8 Å². The maximum Gasteiger partial charge on any atom is 0.264 e. The molecule has 4 heterocycles. The summed E-state index contributed by atoms with van der Waals surface area (Å²) in [5, 5.41) is 0. The number of anilines is 2. The van der Waals surface area contributed by atoms with E-state index in [1.807, 2.05) is 38.2 Å². The second-order valence-corrected chi connectivity index (χ2v) is 16.8. The lowest BCUT2D eigenvalue weighted by Crippen LogP contribution is -2.58. The van der Waals surface area contributed by atoms with E-state index in [4.69, 9.17) is 9.72 Å². The number of hydrogen-bond donors (Lipinski definition) is 1. The highest BCUT2D eigenvalue weighted by molar-refractivity contribution is 7.92. The van der Waals surface area contributed by atoms with E-state index in [9.17, 15) is 13.2 Å². The molecule has 262 valence electrons. The minimum atomic E-state index is -4.17. The minimum absolute atomic E-state index is 0.0694. The third-order valence-electron chi connectivity index (χ3n) is 10.0. The Hall–Kier alpha value is -4.58. The van der Waals surface area contributed by atoms with Gasteiger partial charge in [0.2, 0.25) is 11.8 Å². The highest BCUT2D eigenvalue weighted by atomic mass is 32.2. The number of sulfonamides is 1. The molecule has 1 saturated heterocycles. The number of nitrogens with zero attached hydrogens (tertiary/aromatic N) is 6. The summed E-state index contributed by atoms with van der Waals surface area (Å²) in [6.45, 7) is 11.6. The van der Waals surface area contributed by atoms with Crippen LogP contribution in [0.25, 0.3) is 11.3 Å². The van der Waals surface area contributed by atoms with Gasteiger partial charge < -0.3 is 14.5 Å². The van der Waals surface area contributed by atoms with Gasteiger partial charge >= 0.3 is 0 Å². The molecule has 1 aliphatic carbocycles. The molecule has 2 aromatic heterocycles. The second kappa shape index (κ2) is 13.3. The number of ether oxygens (including phenoxy) is 1. The molecule has 7 rings (SSSR count). The maximum atomic E-state index is 14.6. The van der Waals surface area contributed by atoms with Crippen LogP contribution in [0.3, 0.4) is 0 Å². The molecule has 50 heavy (non-hydrogen) atoms. The first-order chi connectivity index (χ1) is 23.8. The fourth-order valence-electron chi connectivity index (χ4n) is 7.66. The van der Waals surface area contributed by atoms with E-state index in [2.05, 4.69) is 45.3 Å². The van der Waals surface area contributed by atoms with Crippen molar-refractivity contribution in [1.29, 1.82) is 0 Å². The van der Waals surface area contributed by atoms with Crippen molar-refractivity contribution in [3.05, 3.63) is 83.3 Å². The van der Waals surface area contributed by atoms with Crippen LogP contribution in [0.4, 0.5) is 11.8 Å². The SMILES string of the molecule is Cc1cccc(C)c1-c1cc2nc(n1)NS(=O)(=O)c1cccc(c1)C(=O)N(Cc1cncc(N3C[C@H]4CCCC[C@H]43)n1)[C@H](CC(C)(C)C)CO2. The van der Waals surface area contributed by atoms with Crippen LogP contribution < -0.4 is 14.4 Å². The van der Waals surface area contributed by atoms with Crippen molar-refractivity contribution in [3.8, 4) is 17.1 Å². The van der Waals surface area contributed by atoms with Gasteiger partial charge in [0.15, 0.2) is 0 Å². The van der Waals surface area contributed by atoms with Crippen LogP contribution in [-0.4, -0.2) is 64.4 Å². The van der Waals surface area contributed by atoms with Gasteiger partial charge in [-0.3, -0.25) is 9.78 Å². The molecule has 2 aliphatic heterocycles. The Kier molecular flexibility index (Phi) is 9.00. The molecule has 1 saturated carbocycles. The van der Waals surface area contributed by atoms with E-state index in [-0.39, 0.29) is 46.8 Å². The summed E-state index contributed by atoms with van der Waals surface area (Å²) in [6, 6.07) is 13.8. The molecule has 3 aliphatic rings. The summed E-state index contributed by atoms with van der Waals surface area (Å²) >= 11 is 0. The largest absolute Gasteiger partial charge is 0.475 e. The van der Waals surface area contributed by atoms with Gasteiger partial charge in [-0.05, 0) is 73.8 Å². The quantitative estimate of drug-likeness (QED) is 0.246. The molecule has 0 unspecified atom stereocenters. The zero-order valence-electron chi connectivity index (χ0n) is 29.4. The van der Waals surface area contributed by atoms with Gasteiger partial charge in [-0.2, -0.15) is 4.98 Å². The number of hydrogen-bond acceptors (Lipinski definition) is 9. The van der Waals surface area contributed by atoms with Crippen LogP contribution in [0, 0.1) is 25.2 Å². The molecule has 4 aromatic rings. The summed E-state index contributed by atoms with van der Waals surface area (Å²) < 4.78 is 36.5. The Morgan fingerprint density at radius 3 is 2.48 bits per heavy atom. The van der Waals surface area contributed by atoms with Gasteiger partial charge in [-0.25, -0.2) is 23.1 Å². The van der Waals surface area contributed by atoms with Crippen LogP contribution in [0.5, 0.6) is 5.88 Å².